The Morgan fingerprint density at radius 2 is 1.91 bits per heavy atom. The molecule has 0 fully saturated rings. The highest BCUT2D eigenvalue weighted by Gasteiger charge is 2.23. The number of rotatable bonds is 10. The van der Waals surface area contributed by atoms with E-state index in [0.717, 1.165) is 41.3 Å². The number of thioether (sulfide) groups is 1. The number of nitrogens with one attached hydrogen (secondary N) is 2. The summed E-state index contributed by atoms with van der Waals surface area (Å²) in [5.41, 5.74) is 6.37. The van der Waals surface area contributed by atoms with Crippen molar-refractivity contribution in [2.45, 2.75) is 37.4 Å². The molecule has 0 saturated carbocycles. The van der Waals surface area contributed by atoms with Crippen molar-refractivity contribution in [3.05, 3.63) is 82.9 Å². The Balaban J connectivity index is 1.51. The summed E-state index contributed by atoms with van der Waals surface area (Å²) in [6.45, 7) is 4.26. The molecule has 0 aromatic heterocycles. The van der Waals surface area contributed by atoms with E-state index in [9.17, 15) is 5.11 Å². The zero-order valence-electron chi connectivity index (χ0n) is 20.2. The lowest BCUT2D eigenvalue weighted by Gasteiger charge is -2.27. The van der Waals surface area contributed by atoms with Gasteiger partial charge in [-0.2, -0.15) is 0 Å². The van der Waals surface area contributed by atoms with E-state index in [2.05, 4.69) is 71.2 Å². The third kappa shape index (κ3) is 5.24. The van der Waals surface area contributed by atoms with Crippen LogP contribution >= 0.6 is 11.8 Å². The van der Waals surface area contributed by atoms with Crippen molar-refractivity contribution in [1.82, 2.24) is 10.6 Å². The van der Waals surface area contributed by atoms with E-state index in [1.54, 1.807) is 26.0 Å². The van der Waals surface area contributed by atoms with E-state index in [1.807, 2.05) is 18.2 Å². The molecule has 1 aliphatic rings. The number of aliphatic hydroxyl groups is 1. The van der Waals surface area contributed by atoms with Crippen molar-refractivity contribution in [1.29, 1.82) is 0 Å². The predicted octanol–water partition coefficient (Wildman–Crippen LogP) is 5.10. The van der Waals surface area contributed by atoms with Crippen molar-refractivity contribution in [3.63, 3.8) is 0 Å². The van der Waals surface area contributed by atoms with Gasteiger partial charge in [-0.15, -0.1) is 11.8 Å². The summed E-state index contributed by atoms with van der Waals surface area (Å²) in [7, 11) is 3.38. The molecule has 180 valence electrons. The molecule has 4 rings (SSSR count). The lowest BCUT2D eigenvalue weighted by Crippen LogP contribution is -2.21. The van der Waals surface area contributed by atoms with Crippen LogP contribution < -0.4 is 20.3 Å². The molecular weight excluding hydrogens is 446 g/mol. The molecule has 1 aliphatic heterocycles. The standard InChI is InChI=1S/C27H33N3O3S/c1-5-30(21-9-12-23-20(14-21)17-29-27(23)33-3)24-13-8-19(15-25(24)32-2)26(31)28-16-18-6-10-22(34-4)11-7-18/h6-15,26-29,31H,5,16-17H2,1-4H3. The van der Waals surface area contributed by atoms with Crippen molar-refractivity contribution in [2.75, 3.05) is 31.9 Å². The van der Waals surface area contributed by atoms with Crippen LogP contribution in [0.1, 0.15) is 41.6 Å². The average molecular weight is 480 g/mol. The number of methoxy groups -OCH3 is 2. The fourth-order valence-electron chi connectivity index (χ4n) is 4.35. The molecule has 2 unspecified atom stereocenters. The molecule has 0 amide bonds. The highest BCUT2D eigenvalue weighted by Crippen LogP contribution is 2.37. The monoisotopic (exact) mass is 479 g/mol. The van der Waals surface area contributed by atoms with E-state index in [-0.39, 0.29) is 6.23 Å². The first kappa shape index (κ1) is 24.6. The van der Waals surface area contributed by atoms with Gasteiger partial charge in [-0.1, -0.05) is 24.3 Å². The van der Waals surface area contributed by atoms with Gasteiger partial charge in [0.05, 0.1) is 12.8 Å². The minimum atomic E-state index is -0.796. The second-order valence-corrected chi connectivity index (χ2v) is 9.07. The summed E-state index contributed by atoms with van der Waals surface area (Å²) in [4.78, 5) is 3.44. The van der Waals surface area contributed by atoms with Crippen LogP contribution in [0.25, 0.3) is 0 Å². The Morgan fingerprint density at radius 3 is 2.59 bits per heavy atom. The Kier molecular flexibility index (Phi) is 8.13. The summed E-state index contributed by atoms with van der Waals surface area (Å²) in [6, 6.07) is 20.7. The Bertz CT molecular complexity index is 1110. The van der Waals surface area contributed by atoms with E-state index in [4.69, 9.17) is 9.47 Å². The van der Waals surface area contributed by atoms with Crippen molar-refractivity contribution >= 4 is 23.1 Å². The Hall–Kier alpha value is -2.55. The molecule has 0 spiro atoms. The van der Waals surface area contributed by atoms with Gasteiger partial charge in [-0.25, -0.2) is 0 Å². The number of hydrogen-bond donors (Lipinski definition) is 3. The maximum absolute atomic E-state index is 10.8. The van der Waals surface area contributed by atoms with E-state index < -0.39 is 6.23 Å². The largest absolute Gasteiger partial charge is 0.495 e. The number of anilines is 2. The molecule has 2 atom stereocenters. The molecule has 3 aromatic rings. The first-order valence-corrected chi connectivity index (χ1v) is 12.7. The van der Waals surface area contributed by atoms with Gasteiger partial charge in [-0.05, 0) is 71.8 Å². The molecular formula is C27H33N3O3S. The molecule has 3 aromatic carbocycles. The van der Waals surface area contributed by atoms with Gasteiger partial charge < -0.3 is 19.5 Å². The molecule has 7 heteroatoms. The second-order valence-electron chi connectivity index (χ2n) is 8.19. The summed E-state index contributed by atoms with van der Waals surface area (Å²) in [5.74, 6) is 0.720. The van der Waals surface area contributed by atoms with E-state index in [0.29, 0.717) is 6.54 Å². The number of aliphatic hydroxyl groups excluding tert-OH is 1. The third-order valence-corrected chi connectivity index (χ3v) is 6.96. The van der Waals surface area contributed by atoms with Crippen LogP contribution in [0.4, 0.5) is 11.4 Å². The van der Waals surface area contributed by atoms with E-state index >= 15 is 0 Å². The molecule has 34 heavy (non-hydrogen) atoms. The molecule has 0 aliphatic carbocycles. The van der Waals surface area contributed by atoms with Gasteiger partial charge >= 0.3 is 0 Å². The van der Waals surface area contributed by atoms with Crippen LogP contribution in [0.3, 0.4) is 0 Å². The highest BCUT2D eigenvalue weighted by molar-refractivity contribution is 7.98. The first-order chi connectivity index (χ1) is 16.6. The lowest BCUT2D eigenvalue weighted by atomic mass is 10.1. The predicted molar refractivity (Wildman–Crippen MR) is 139 cm³/mol. The van der Waals surface area contributed by atoms with Crippen molar-refractivity contribution < 1.29 is 14.6 Å². The highest BCUT2D eigenvalue weighted by atomic mass is 32.2. The van der Waals surface area contributed by atoms with Crippen LogP contribution in [0.5, 0.6) is 5.75 Å². The molecule has 0 bridgehead atoms. The SMILES string of the molecule is CCN(c1ccc2c(c1)CNC2OC)c1ccc(C(O)NCc2ccc(SC)cc2)cc1OC. The van der Waals surface area contributed by atoms with Gasteiger partial charge in [0.2, 0.25) is 0 Å². The fraction of sp³-hybridized carbons (Fsp3) is 0.333. The number of benzene rings is 3. The topological polar surface area (TPSA) is 66.0 Å². The second kappa shape index (κ2) is 11.3. The van der Waals surface area contributed by atoms with Crippen LogP contribution in [0.2, 0.25) is 0 Å². The number of ether oxygens (including phenoxy) is 2. The van der Waals surface area contributed by atoms with Crippen LogP contribution in [0, 0.1) is 0 Å². The maximum Gasteiger partial charge on any atom is 0.142 e. The summed E-state index contributed by atoms with van der Waals surface area (Å²) < 4.78 is 11.2. The summed E-state index contributed by atoms with van der Waals surface area (Å²) >= 11 is 1.72. The first-order valence-electron chi connectivity index (χ1n) is 11.5. The number of hydrogen-bond acceptors (Lipinski definition) is 7. The van der Waals surface area contributed by atoms with Gasteiger partial charge in [0, 0.05) is 37.3 Å². The van der Waals surface area contributed by atoms with Crippen molar-refractivity contribution in [2.24, 2.45) is 0 Å². The Morgan fingerprint density at radius 1 is 1.12 bits per heavy atom. The fourth-order valence-corrected chi connectivity index (χ4v) is 4.76. The quantitative estimate of drug-likeness (QED) is 0.276. The summed E-state index contributed by atoms with van der Waals surface area (Å²) in [5, 5.41) is 17.3. The Labute approximate surface area is 206 Å². The van der Waals surface area contributed by atoms with Crippen LogP contribution in [-0.4, -0.2) is 32.1 Å². The van der Waals surface area contributed by atoms with E-state index in [1.165, 1.54) is 16.0 Å². The van der Waals surface area contributed by atoms with Gasteiger partial charge in [0.1, 0.15) is 18.2 Å². The maximum atomic E-state index is 10.8. The van der Waals surface area contributed by atoms with Gasteiger partial charge in [0.15, 0.2) is 0 Å². The minimum Gasteiger partial charge on any atom is -0.495 e. The zero-order chi connectivity index (χ0) is 24.1. The smallest absolute Gasteiger partial charge is 0.142 e. The molecule has 6 nitrogen and oxygen atoms in total. The molecule has 0 saturated heterocycles. The van der Waals surface area contributed by atoms with Crippen molar-refractivity contribution in [3.8, 4) is 5.75 Å². The summed E-state index contributed by atoms with van der Waals surface area (Å²) in [6.07, 6.45) is 1.21. The molecule has 0 radical (unpaired) electrons. The third-order valence-electron chi connectivity index (χ3n) is 6.22. The van der Waals surface area contributed by atoms with Crippen LogP contribution in [-0.2, 0) is 17.8 Å². The molecule has 1 heterocycles. The lowest BCUT2D eigenvalue weighted by molar-refractivity contribution is 0.0829. The average Bonchev–Trinajstić information content (AvgIpc) is 3.30. The van der Waals surface area contributed by atoms with Gasteiger partial charge in [-0.3, -0.25) is 10.6 Å². The normalized spacial score (nSPS) is 15.7. The van der Waals surface area contributed by atoms with Gasteiger partial charge in [0.25, 0.3) is 0 Å². The number of nitrogens with zero attached hydrogens (tertiary/aromatic N) is 1. The van der Waals surface area contributed by atoms with Crippen LogP contribution in [0.15, 0.2) is 65.6 Å². The minimum absolute atomic E-state index is 0.0506. The zero-order valence-corrected chi connectivity index (χ0v) is 21.0. The number of fused-ring (bicyclic) bond motifs is 1. The molecule has 3 N–H and O–H groups in total.